The molecule has 43 heavy (non-hydrogen) atoms. The van der Waals surface area contributed by atoms with Crippen LogP contribution in [0.5, 0.6) is 23.0 Å². The van der Waals surface area contributed by atoms with Gasteiger partial charge in [0.1, 0.15) is 34.3 Å². The summed E-state index contributed by atoms with van der Waals surface area (Å²) in [5.41, 5.74) is 1.68. The van der Waals surface area contributed by atoms with Crippen molar-refractivity contribution in [3.63, 3.8) is 0 Å². The average Bonchev–Trinajstić information content (AvgIpc) is 3.04. The third kappa shape index (κ3) is 6.23. The lowest BCUT2D eigenvalue weighted by atomic mass is 10.0. The zero-order chi connectivity index (χ0) is 30.3. The maximum absolute atomic E-state index is 11.3. The largest absolute Gasteiger partial charge is 0.505 e. The molecule has 5 aromatic carbocycles. The van der Waals surface area contributed by atoms with Gasteiger partial charge in [-0.3, -0.25) is 0 Å². The maximum Gasteiger partial charge on any atom is 0.222 e. The molecule has 0 bridgehead atoms. The molecule has 0 fully saturated rings. The zero-order valence-corrected chi connectivity index (χ0v) is 23.6. The molecule has 0 aliphatic carbocycles. The van der Waals surface area contributed by atoms with Crippen LogP contribution < -0.4 is 14.2 Å². The van der Waals surface area contributed by atoms with Gasteiger partial charge in [-0.1, -0.05) is 42.5 Å². The van der Waals surface area contributed by atoms with Crippen LogP contribution in [0.1, 0.15) is 11.1 Å². The highest BCUT2D eigenvalue weighted by atomic mass is 16.5. The summed E-state index contributed by atoms with van der Waals surface area (Å²) in [6, 6.07) is 27.7. The van der Waals surface area contributed by atoms with E-state index in [1.807, 2.05) is 30.3 Å². The number of phenols is 1. The Morgan fingerprint density at radius 2 is 1.33 bits per heavy atom. The van der Waals surface area contributed by atoms with Gasteiger partial charge in [-0.25, -0.2) is 9.98 Å². The quantitative estimate of drug-likeness (QED) is 0.0917. The molecular formula is C33H28N4O6. The van der Waals surface area contributed by atoms with E-state index in [0.717, 1.165) is 0 Å². The predicted octanol–water partition coefficient (Wildman–Crippen LogP) is 8.26. The molecule has 0 aliphatic heterocycles. The molecule has 0 saturated heterocycles. The number of para-hydroxylation sites is 1. The summed E-state index contributed by atoms with van der Waals surface area (Å²) in [6.45, 7) is 0. The third-order valence-corrected chi connectivity index (χ3v) is 6.53. The van der Waals surface area contributed by atoms with Gasteiger partial charge < -0.3 is 29.5 Å². The predicted molar refractivity (Wildman–Crippen MR) is 166 cm³/mol. The van der Waals surface area contributed by atoms with Gasteiger partial charge in [0.15, 0.2) is 5.75 Å². The fourth-order valence-electron chi connectivity index (χ4n) is 4.35. The number of hydrogen-bond acceptors (Lipinski definition) is 8. The Kier molecular flexibility index (Phi) is 8.48. The fraction of sp³-hybridized carbons (Fsp3) is 0.0909. The van der Waals surface area contributed by atoms with Gasteiger partial charge in [0.05, 0.1) is 32.6 Å². The second-order valence-corrected chi connectivity index (χ2v) is 9.17. The van der Waals surface area contributed by atoms with Crippen LogP contribution in [0, 0.1) is 0 Å². The van der Waals surface area contributed by atoms with Crippen molar-refractivity contribution in [3.8, 4) is 23.0 Å². The van der Waals surface area contributed by atoms with Gasteiger partial charge in [0.25, 0.3) is 0 Å². The summed E-state index contributed by atoms with van der Waals surface area (Å²) in [7, 11) is 4.49. The molecule has 5 rings (SSSR count). The smallest absolute Gasteiger partial charge is 0.222 e. The third-order valence-electron chi connectivity index (χ3n) is 6.53. The molecule has 216 valence electrons. The van der Waals surface area contributed by atoms with E-state index >= 15 is 0 Å². The van der Waals surface area contributed by atoms with E-state index in [0.29, 0.717) is 45.0 Å². The Hall–Kier alpha value is -5.90. The number of phenolic OH excluding ortho intramolecular Hbond substituents is 1. The molecule has 10 heteroatoms. The molecule has 0 heterocycles. The maximum atomic E-state index is 11.3. The number of benzene rings is 5. The molecular weight excluding hydrogens is 548 g/mol. The lowest BCUT2D eigenvalue weighted by Gasteiger charge is -2.11. The summed E-state index contributed by atoms with van der Waals surface area (Å²) < 4.78 is 16.1. The fourth-order valence-corrected chi connectivity index (χ4v) is 4.35. The number of nitrogens with zero attached hydrogens (tertiary/aromatic N) is 4. The molecule has 10 nitrogen and oxygen atoms in total. The molecule has 0 amide bonds. The van der Waals surface area contributed by atoms with Crippen LogP contribution in [0.4, 0.5) is 22.7 Å². The number of fused-ring (bicyclic) bond motifs is 1. The van der Waals surface area contributed by atoms with E-state index < -0.39 is 5.90 Å². The summed E-state index contributed by atoms with van der Waals surface area (Å²) in [4.78, 5) is 8.55. The van der Waals surface area contributed by atoms with Gasteiger partial charge in [0, 0.05) is 17.0 Å². The summed E-state index contributed by atoms with van der Waals surface area (Å²) in [5.74, 6) is 0.283. The highest BCUT2D eigenvalue weighted by Gasteiger charge is 2.18. The first-order chi connectivity index (χ1) is 20.9. The molecule has 0 aliphatic rings. The van der Waals surface area contributed by atoms with E-state index in [-0.39, 0.29) is 28.6 Å². The van der Waals surface area contributed by atoms with E-state index in [1.165, 1.54) is 21.3 Å². The van der Waals surface area contributed by atoms with Crippen molar-refractivity contribution in [2.24, 2.45) is 20.2 Å². The molecule has 0 radical (unpaired) electrons. The second-order valence-electron chi connectivity index (χ2n) is 9.17. The van der Waals surface area contributed by atoms with Gasteiger partial charge >= 0.3 is 0 Å². The lowest BCUT2D eigenvalue weighted by Crippen LogP contribution is -2.00. The normalized spacial score (nSPS) is 12.1. The van der Waals surface area contributed by atoms with E-state index in [1.54, 1.807) is 66.7 Å². The van der Waals surface area contributed by atoms with E-state index in [2.05, 4.69) is 20.2 Å². The van der Waals surface area contributed by atoms with Crippen LogP contribution in [0.2, 0.25) is 0 Å². The minimum Gasteiger partial charge on any atom is -0.505 e. The SMILES string of the molecule is COc1ccc(OC)c(N=C(O)c2cc3ccccc3c(N=Nc3cc(C(O)=Nc4ccccc4)ccc3OC)c2O)c1. The monoisotopic (exact) mass is 576 g/mol. The van der Waals surface area contributed by atoms with Crippen molar-refractivity contribution in [1.29, 1.82) is 0 Å². The number of methoxy groups -OCH3 is 3. The molecule has 0 aromatic heterocycles. The van der Waals surface area contributed by atoms with Crippen LogP contribution in [-0.2, 0) is 0 Å². The minimum absolute atomic E-state index is 0.0332. The minimum atomic E-state index is -0.465. The van der Waals surface area contributed by atoms with Crippen molar-refractivity contribution >= 4 is 45.3 Å². The Labute approximate surface area is 247 Å². The molecule has 5 aromatic rings. The average molecular weight is 577 g/mol. The van der Waals surface area contributed by atoms with Crippen LogP contribution in [-0.4, -0.2) is 48.4 Å². The Morgan fingerprint density at radius 3 is 2.07 bits per heavy atom. The molecule has 0 saturated carbocycles. The van der Waals surface area contributed by atoms with Gasteiger partial charge in [-0.2, -0.15) is 0 Å². The Bertz CT molecular complexity index is 1870. The van der Waals surface area contributed by atoms with Crippen LogP contribution in [0.15, 0.2) is 117 Å². The topological polar surface area (TPSA) is 138 Å². The van der Waals surface area contributed by atoms with Crippen molar-refractivity contribution in [2.45, 2.75) is 0 Å². The van der Waals surface area contributed by atoms with Crippen molar-refractivity contribution < 1.29 is 29.5 Å². The highest BCUT2D eigenvalue weighted by molar-refractivity contribution is 6.06. The number of aliphatic hydroxyl groups excluding tert-OH is 2. The van der Waals surface area contributed by atoms with Crippen molar-refractivity contribution in [2.75, 3.05) is 21.3 Å². The van der Waals surface area contributed by atoms with E-state index in [9.17, 15) is 15.3 Å². The zero-order valence-electron chi connectivity index (χ0n) is 23.6. The number of aliphatic imine (C=N–C) groups is 2. The number of aliphatic hydroxyl groups is 2. The molecule has 0 unspecified atom stereocenters. The molecule has 3 N–H and O–H groups in total. The number of rotatable bonds is 9. The number of aromatic hydroxyl groups is 1. The van der Waals surface area contributed by atoms with E-state index in [4.69, 9.17) is 14.2 Å². The first-order valence-corrected chi connectivity index (χ1v) is 13.1. The number of hydrogen-bond donors (Lipinski definition) is 3. The Morgan fingerprint density at radius 1 is 0.628 bits per heavy atom. The number of ether oxygens (including phenoxy) is 3. The molecule has 0 spiro atoms. The first kappa shape index (κ1) is 28.6. The van der Waals surface area contributed by atoms with Crippen LogP contribution in [0.25, 0.3) is 10.8 Å². The van der Waals surface area contributed by atoms with Crippen molar-refractivity contribution in [3.05, 3.63) is 108 Å². The summed E-state index contributed by atoms with van der Waals surface area (Å²) in [5, 5.41) is 43.1. The summed E-state index contributed by atoms with van der Waals surface area (Å²) >= 11 is 0. The van der Waals surface area contributed by atoms with Gasteiger partial charge in [-0.15, -0.1) is 10.2 Å². The lowest BCUT2D eigenvalue weighted by molar-refractivity contribution is 0.404. The summed E-state index contributed by atoms with van der Waals surface area (Å²) in [6.07, 6.45) is 0. The Balaban J connectivity index is 1.59. The van der Waals surface area contributed by atoms with Crippen LogP contribution >= 0.6 is 0 Å². The first-order valence-electron chi connectivity index (χ1n) is 13.1. The highest BCUT2D eigenvalue weighted by Crippen LogP contribution is 2.41. The van der Waals surface area contributed by atoms with Gasteiger partial charge in [0.2, 0.25) is 11.8 Å². The molecule has 0 atom stereocenters. The second kappa shape index (κ2) is 12.7. The van der Waals surface area contributed by atoms with Crippen LogP contribution in [0.3, 0.4) is 0 Å². The standard InChI is InChI=1S/C33H28N4O6/c1-41-23-14-16-28(42-2)26(19-23)35-33(40)25-17-20-9-7-8-12-24(20)30(31(25)38)37-36-27-18-21(13-15-29(27)43-3)32(39)34-22-10-5-4-6-11-22/h4-19,38H,1-3H3,(H,34,39)(H,35,40). The van der Waals surface area contributed by atoms with Crippen molar-refractivity contribution in [1.82, 2.24) is 0 Å². The number of azo groups is 1. The van der Waals surface area contributed by atoms with Gasteiger partial charge in [-0.05, 0) is 53.9 Å².